The van der Waals surface area contributed by atoms with Gasteiger partial charge in [0.1, 0.15) is 5.60 Å². The first kappa shape index (κ1) is 16.4. The smallest absolute Gasteiger partial charge is 0.338 e. The van der Waals surface area contributed by atoms with Gasteiger partial charge in [-0.25, -0.2) is 10.0 Å². The van der Waals surface area contributed by atoms with Gasteiger partial charge in [0.25, 0.3) is 0 Å². The minimum atomic E-state index is -1.00. The zero-order valence-electron chi connectivity index (χ0n) is 14.2. The van der Waals surface area contributed by atoms with Gasteiger partial charge in [0.15, 0.2) is 5.69 Å². The number of ether oxygens (including phenoxy) is 1. The molecule has 4 unspecified atom stereocenters. The van der Waals surface area contributed by atoms with E-state index in [1.165, 1.54) is 30.7 Å². The first-order chi connectivity index (χ1) is 10.6. The summed E-state index contributed by atoms with van der Waals surface area (Å²) in [5.41, 5.74) is 0.236. The first-order valence-corrected chi connectivity index (χ1v) is 8.17. The van der Waals surface area contributed by atoms with Crippen molar-refractivity contribution in [1.82, 2.24) is 0 Å². The van der Waals surface area contributed by atoms with Crippen LogP contribution in [-0.4, -0.2) is 16.8 Å². The maximum Gasteiger partial charge on any atom is 0.338 e. The fourth-order valence-electron chi connectivity index (χ4n) is 4.76. The molecular formula is C18H25NO4. The second-order valence-corrected chi connectivity index (χ2v) is 8.00. The molecule has 2 aliphatic rings. The SMILES string of the molecule is CC1(OC(=O)c2ccc([NH+]([O-])O)cc2)CC2CCC1(C)C2(C)C. The zero-order chi connectivity index (χ0) is 17.0. The van der Waals surface area contributed by atoms with E-state index in [9.17, 15) is 10.0 Å². The summed E-state index contributed by atoms with van der Waals surface area (Å²) in [4.78, 5) is 12.5. The minimum Gasteiger partial charge on any atom is -0.595 e. The average molecular weight is 319 g/mol. The molecule has 0 aliphatic heterocycles. The molecule has 0 amide bonds. The van der Waals surface area contributed by atoms with Crippen molar-refractivity contribution in [3.63, 3.8) is 0 Å². The van der Waals surface area contributed by atoms with Crippen LogP contribution in [0.15, 0.2) is 24.3 Å². The van der Waals surface area contributed by atoms with Gasteiger partial charge in [0.2, 0.25) is 0 Å². The Labute approximate surface area is 136 Å². The lowest BCUT2D eigenvalue weighted by Crippen LogP contribution is -2.99. The van der Waals surface area contributed by atoms with Gasteiger partial charge in [-0.1, -0.05) is 20.8 Å². The van der Waals surface area contributed by atoms with Crippen molar-refractivity contribution >= 4 is 11.7 Å². The molecule has 2 aliphatic carbocycles. The summed E-state index contributed by atoms with van der Waals surface area (Å²) < 4.78 is 5.97. The minimum absolute atomic E-state index is 0.0265. The van der Waals surface area contributed by atoms with E-state index < -0.39 is 10.8 Å². The van der Waals surface area contributed by atoms with E-state index >= 15 is 0 Å². The number of rotatable bonds is 3. The quantitative estimate of drug-likeness (QED) is 0.663. The highest BCUT2D eigenvalue weighted by Crippen LogP contribution is 2.70. The Kier molecular flexibility index (Phi) is 3.59. The molecule has 2 bridgehead atoms. The molecule has 0 radical (unpaired) electrons. The molecule has 0 heterocycles. The third kappa shape index (κ3) is 2.22. The number of quaternary nitrogens is 1. The lowest BCUT2D eigenvalue weighted by molar-refractivity contribution is -0.991. The highest BCUT2D eigenvalue weighted by atomic mass is 16.8. The molecule has 5 nitrogen and oxygen atoms in total. The van der Waals surface area contributed by atoms with Crippen LogP contribution in [0.25, 0.3) is 0 Å². The molecule has 5 heteroatoms. The third-order valence-electron chi connectivity index (χ3n) is 6.92. The Morgan fingerprint density at radius 3 is 2.30 bits per heavy atom. The molecular weight excluding hydrogens is 294 g/mol. The molecule has 3 rings (SSSR count). The van der Waals surface area contributed by atoms with Gasteiger partial charge in [-0.15, -0.1) is 0 Å². The van der Waals surface area contributed by atoms with E-state index in [0.29, 0.717) is 11.5 Å². The maximum atomic E-state index is 12.5. The predicted octanol–water partition coefficient (Wildman–Crippen LogP) is 2.85. The van der Waals surface area contributed by atoms with Gasteiger partial charge < -0.3 is 9.94 Å². The van der Waals surface area contributed by atoms with Gasteiger partial charge in [-0.2, -0.15) is 5.23 Å². The van der Waals surface area contributed by atoms with Crippen LogP contribution in [0, 0.1) is 22.0 Å². The molecule has 0 aromatic heterocycles. The van der Waals surface area contributed by atoms with Crippen molar-refractivity contribution < 1.29 is 20.0 Å². The number of carbonyl (C=O) groups excluding carboxylic acids is 1. The standard InChI is InChI=1S/C18H25NO4/c1-16(2)13-9-10-17(16,3)18(4,11-13)23-15(20)12-5-7-14(8-6-12)19(21)22/h5-8,13,19,21H,9-11H2,1-4H3. The van der Waals surface area contributed by atoms with Crippen LogP contribution in [0.5, 0.6) is 0 Å². The second-order valence-electron chi connectivity index (χ2n) is 8.00. The number of esters is 1. The number of carbonyl (C=O) groups is 1. The fraction of sp³-hybridized carbons (Fsp3) is 0.611. The van der Waals surface area contributed by atoms with E-state index in [1.54, 1.807) is 0 Å². The van der Waals surface area contributed by atoms with E-state index in [1.807, 2.05) is 0 Å². The molecule has 2 saturated carbocycles. The van der Waals surface area contributed by atoms with E-state index in [2.05, 4.69) is 27.7 Å². The summed E-state index contributed by atoms with van der Waals surface area (Å²) in [6.07, 6.45) is 3.17. The summed E-state index contributed by atoms with van der Waals surface area (Å²) in [5.74, 6) is 0.216. The maximum absolute atomic E-state index is 12.5. The zero-order valence-corrected chi connectivity index (χ0v) is 14.2. The molecule has 0 saturated heterocycles. The topological polar surface area (TPSA) is 74.0 Å². The Hall–Kier alpha value is -1.43. The molecule has 1 aromatic carbocycles. The highest BCUT2D eigenvalue weighted by molar-refractivity contribution is 5.90. The highest BCUT2D eigenvalue weighted by Gasteiger charge is 2.68. The summed E-state index contributed by atoms with van der Waals surface area (Å²) >= 11 is 0. The number of nitrogens with one attached hydrogen (secondary N) is 1. The van der Waals surface area contributed by atoms with Crippen LogP contribution in [0.4, 0.5) is 5.69 Å². The molecule has 2 N–H and O–H groups in total. The summed E-state index contributed by atoms with van der Waals surface area (Å²) in [6.45, 7) is 8.86. The third-order valence-corrected chi connectivity index (χ3v) is 6.92. The Morgan fingerprint density at radius 1 is 1.26 bits per heavy atom. The van der Waals surface area contributed by atoms with Gasteiger partial charge in [-0.05, 0) is 49.7 Å². The largest absolute Gasteiger partial charge is 0.595 e. The van der Waals surface area contributed by atoms with Crippen LogP contribution >= 0.6 is 0 Å². The van der Waals surface area contributed by atoms with Crippen molar-refractivity contribution in [2.75, 3.05) is 0 Å². The fourth-order valence-corrected chi connectivity index (χ4v) is 4.76. The molecule has 2 fully saturated rings. The second kappa shape index (κ2) is 5.03. The number of hydrogen-bond donors (Lipinski definition) is 2. The Morgan fingerprint density at radius 2 is 1.87 bits per heavy atom. The van der Waals surface area contributed by atoms with Crippen molar-refractivity contribution in [3.8, 4) is 0 Å². The van der Waals surface area contributed by atoms with E-state index in [0.717, 1.165) is 12.8 Å². The van der Waals surface area contributed by atoms with Crippen LogP contribution in [-0.2, 0) is 4.74 Å². The number of hydrogen-bond acceptors (Lipinski definition) is 4. The van der Waals surface area contributed by atoms with Crippen molar-refractivity contribution in [2.24, 2.45) is 16.7 Å². The summed E-state index contributed by atoms with van der Waals surface area (Å²) in [5, 5.41) is 18.8. The number of fused-ring (bicyclic) bond motifs is 2. The van der Waals surface area contributed by atoms with Crippen molar-refractivity contribution in [3.05, 3.63) is 35.0 Å². The molecule has 23 heavy (non-hydrogen) atoms. The van der Waals surface area contributed by atoms with Crippen molar-refractivity contribution in [1.29, 1.82) is 0 Å². The molecule has 126 valence electrons. The lowest BCUT2D eigenvalue weighted by atomic mass is 9.65. The van der Waals surface area contributed by atoms with Crippen LogP contribution in [0.3, 0.4) is 0 Å². The van der Waals surface area contributed by atoms with Gasteiger partial charge >= 0.3 is 5.97 Å². The van der Waals surface area contributed by atoms with Crippen LogP contribution in [0.1, 0.15) is 57.3 Å². The van der Waals surface area contributed by atoms with Crippen LogP contribution in [0.2, 0.25) is 0 Å². The normalized spacial score (nSPS) is 36.0. The summed E-state index contributed by atoms with van der Waals surface area (Å²) in [7, 11) is 0. The van der Waals surface area contributed by atoms with Gasteiger partial charge in [0.05, 0.1) is 5.56 Å². The lowest BCUT2D eigenvalue weighted by Gasteiger charge is -2.45. The molecule has 1 aromatic rings. The van der Waals surface area contributed by atoms with Crippen molar-refractivity contribution in [2.45, 2.75) is 52.6 Å². The summed E-state index contributed by atoms with van der Waals surface area (Å²) in [6, 6.07) is 5.92. The van der Waals surface area contributed by atoms with E-state index in [4.69, 9.17) is 9.94 Å². The Bertz CT molecular complexity index is 624. The Balaban J connectivity index is 1.81. The molecule has 0 spiro atoms. The molecule has 4 atom stereocenters. The number of benzene rings is 1. The average Bonchev–Trinajstić information content (AvgIpc) is 2.79. The predicted molar refractivity (Wildman–Crippen MR) is 85.3 cm³/mol. The first-order valence-electron chi connectivity index (χ1n) is 8.17. The van der Waals surface area contributed by atoms with Gasteiger partial charge in [0, 0.05) is 17.5 Å². The van der Waals surface area contributed by atoms with E-state index in [-0.39, 0.29) is 22.5 Å². The van der Waals surface area contributed by atoms with Gasteiger partial charge in [-0.3, -0.25) is 0 Å². The van der Waals surface area contributed by atoms with Crippen LogP contribution < -0.4 is 5.23 Å². The monoisotopic (exact) mass is 319 g/mol.